The number of hydrogen-bond acceptors (Lipinski definition) is 2. The third kappa shape index (κ3) is 1.70. The van der Waals surface area contributed by atoms with Gasteiger partial charge in [-0.15, -0.1) is 0 Å². The van der Waals surface area contributed by atoms with Crippen molar-refractivity contribution in [3.63, 3.8) is 0 Å². The Morgan fingerprint density at radius 3 is 2.64 bits per heavy atom. The largest absolute Gasteiger partial charge is 0.311 e. The molecule has 0 amide bonds. The molecule has 2 aliphatic carbocycles. The number of hydrogen-bond donors (Lipinski definition) is 1. The molecule has 0 aromatic carbocycles. The van der Waals surface area contributed by atoms with Gasteiger partial charge < -0.3 is 5.32 Å². The fourth-order valence-electron chi connectivity index (χ4n) is 3.11. The van der Waals surface area contributed by atoms with Crippen LogP contribution in [0.3, 0.4) is 0 Å². The highest BCUT2D eigenvalue weighted by molar-refractivity contribution is 4.95. The number of rotatable bonds is 2. The lowest BCUT2D eigenvalue weighted by Crippen LogP contribution is -2.57. The van der Waals surface area contributed by atoms with Gasteiger partial charge in [0.2, 0.25) is 0 Å². The second-order valence-electron chi connectivity index (χ2n) is 5.62. The zero-order valence-corrected chi connectivity index (χ0v) is 9.21. The predicted octanol–water partition coefficient (Wildman–Crippen LogP) is 1.47. The standard InChI is InChI=1S/C12H22N2/c1-9-6-11(7-9)14-5-4-13-12(8-14)10-2-3-10/h9-13H,2-8H2,1H3. The van der Waals surface area contributed by atoms with E-state index in [1.807, 2.05) is 0 Å². The van der Waals surface area contributed by atoms with Crippen LogP contribution in [0.25, 0.3) is 0 Å². The molecule has 2 heteroatoms. The fourth-order valence-corrected chi connectivity index (χ4v) is 3.11. The lowest BCUT2D eigenvalue weighted by Gasteiger charge is -2.45. The Morgan fingerprint density at radius 1 is 1.21 bits per heavy atom. The molecule has 14 heavy (non-hydrogen) atoms. The van der Waals surface area contributed by atoms with E-state index in [0.717, 1.165) is 23.9 Å². The molecule has 1 aliphatic heterocycles. The zero-order chi connectivity index (χ0) is 9.54. The van der Waals surface area contributed by atoms with E-state index >= 15 is 0 Å². The fraction of sp³-hybridized carbons (Fsp3) is 1.00. The van der Waals surface area contributed by atoms with E-state index in [4.69, 9.17) is 0 Å². The maximum atomic E-state index is 3.68. The molecule has 0 spiro atoms. The first-order valence-electron chi connectivity index (χ1n) is 6.30. The van der Waals surface area contributed by atoms with Crippen LogP contribution in [0.4, 0.5) is 0 Å². The van der Waals surface area contributed by atoms with E-state index in [2.05, 4.69) is 17.1 Å². The summed E-state index contributed by atoms with van der Waals surface area (Å²) in [4.78, 5) is 2.75. The lowest BCUT2D eigenvalue weighted by molar-refractivity contribution is 0.0565. The van der Waals surface area contributed by atoms with E-state index in [9.17, 15) is 0 Å². The second-order valence-corrected chi connectivity index (χ2v) is 5.62. The van der Waals surface area contributed by atoms with Crippen molar-refractivity contribution in [3.05, 3.63) is 0 Å². The summed E-state index contributed by atoms with van der Waals surface area (Å²) >= 11 is 0. The summed E-state index contributed by atoms with van der Waals surface area (Å²) in [6.07, 6.45) is 5.87. The van der Waals surface area contributed by atoms with Gasteiger partial charge in [-0.1, -0.05) is 6.92 Å². The third-order valence-corrected chi connectivity index (χ3v) is 4.29. The Balaban J connectivity index is 1.53. The molecule has 1 atom stereocenters. The maximum absolute atomic E-state index is 3.68. The molecule has 2 saturated carbocycles. The molecule has 1 N–H and O–H groups in total. The van der Waals surface area contributed by atoms with Gasteiger partial charge in [0.25, 0.3) is 0 Å². The first kappa shape index (κ1) is 9.17. The van der Waals surface area contributed by atoms with Crippen molar-refractivity contribution < 1.29 is 0 Å². The van der Waals surface area contributed by atoms with Gasteiger partial charge in [-0.25, -0.2) is 0 Å². The van der Waals surface area contributed by atoms with Gasteiger partial charge in [-0.05, 0) is 37.5 Å². The highest BCUT2D eigenvalue weighted by atomic mass is 15.2. The minimum Gasteiger partial charge on any atom is -0.311 e. The van der Waals surface area contributed by atoms with Crippen LogP contribution in [-0.4, -0.2) is 36.6 Å². The Morgan fingerprint density at radius 2 is 2.00 bits per heavy atom. The van der Waals surface area contributed by atoms with Crippen molar-refractivity contribution in [1.82, 2.24) is 10.2 Å². The van der Waals surface area contributed by atoms with E-state index < -0.39 is 0 Å². The summed E-state index contributed by atoms with van der Waals surface area (Å²) < 4.78 is 0. The summed E-state index contributed by atoms with van der Waals surface area (Å²) in [5.41, 5.74) is 0. The molecule has 3 rings (SSSR count). The molecule has 3 aliphatic rings. The molecule has 1 heterocycles. The second kappa shape index (κ2) is 3.49. The molecule has 80 valence electrons. The van der Waals surface area contributed by atoms with Crippen LogP contribution < -0.4 is 5.32 Å². The smallest absolute Gasteiger partial charge is 0.0223 e. The molecule has 0 radical (unpaired) electrons. The SMILES string of the molecule is CC1CC(N2CCNC(C3CC3)C2)C1. The normalized spacial score (nSPS) is 44.8. The van der Waals surface area contributed by atoms with Crippen molar-refractivity contribution >= 4 is 0 Å². The van der Waals surface area contributed by atoms with Gasteiger partial charge in [0.15, 0.2) is 0 Å². The monoisotopic (exact) mass is 194 g/mol. The van der Waals surface area contributed by atoms with Crippen molar-refractivity contribution in [2.75, 3.05) is 19.6 Å². The summed E-state index contributed by atoms with van der Waals surface area (Å²) in [5, 5.41) is 3.68. The van der Waals surface area contributed by atoms with E-state index in [1.165, 1.54) is 45.3 Å². The van der Waals surface area contributed by atoms with Crippen molar-refractivity contribution in [3.8, 4) is 0 Å². The van der Waals surface area contributed by atoms with Crippen LogP contribution in [-0.2, 0) is 0 Å². The van der Waals surface area contributed by atoms with Crippen LogP contribution in [0, 0.1) is 11.8 Å². The first-order chi connectivity index (χ1) is 6.83. The Kier molecular flexibility index (Phi) is 2.29. The molecule has 0 aromatic heterocycles. The summed E-state index contributed by atoms with van der Waals surface area (Å²) in [6.45, 7) is 6.24. The quantitative estimate of drug-likeness (QED) is 0.716. The third-order valence-electron chi connectivity index (χ3n) is 4.29. The first-order valence-corrected chi connectivity index (χ1v) is 6.30. The van der Waals surface area contributed by atoms with E-state index in [1.54, 1.807) is 0 Å². The lowest BCUT2D eigenvalue weighted by atomic mass is 9.80. The van der Waals surface area contributed by atoms with Crippen LogP contribution in [0.1, 0.15) is 32.6 Å². The minimum absolute atomic E-state index is 0.833. The highest BCUT2D eigenvalue weighted by Crippen LogP contribution is 2.36. The summed E-state index contributed by atoms with van der Waals surface area (Å²) in [7, 11) is 0. The Bertz CT molecular complexity index is 206. The average molecular weight is 194 g/mol. The van der Waals surface area contributed by atoms with Crippen molar-refractivity contribution in [2.24, 2.45) is 11.8 Å². The number of nitrogens with one attached hydrogen (secondary N) is 1. The molecule has 1 unspecified atom stereocenters. The van der Waals surface area contributed by atoms with E-state index in [0.29, 0.717) is 0 Å². The summed E-state index contributed by atoms with van der Waals surface area (Å²) in [5.74, 6) is 2.02. The molecule has 3 fully saturated rings. The maximum Gasteiger partial charge on any atom is 0.0223 e. The van der Waals surface area contributed by atoms with Crippen LogP contribution in [0.2, 0.25) is 0 Å². The Hall–Kier alpha value is -0.0800. The van der Waals surface area contributed by atoms with Crippen LogP contribution in [0.15, 0.2) is 0 Å². The van der Waals surface area contributed by atoms with Crippen LogP contribution in [0.5, 0.6) is 0 Å². The predicted molar refractivity (Wildman–Crippen MR) is 58.3 cm³/mol. The molecular weight excluding hydrogens is 172 g/mol. The van der Waals surface area contributed by atoms with Gasteiger partial charge in [0.05, 0.1) is 0 Å². The molecule has 1 saturated heterocycles. The van der Waals surface area contributed by atoms with Crippen molar-refractivity contribution in [2.45, 2.75) is 44.7 Å². The number of piperazine rings is 1. The van der Waals surface area contributed by atoms with Gasteiger partial charge >= 0.3 is 0 Å². The van der Waals surface area contributed by atoms with Gasteiger partial charge in [-0.2, -0.15) is 0 Å². The molecule has 2 nitrogen and oxygen atoms in total. The molecule has 0 aromatic rings. The minimum atomic E-state index is 0.833. The highest BCUT2D eigenvalue weighted by Gasteiger charge is 2.38. The van der Waals surface area contributed by atoms with E-state index in [-0.39, 0.29) is 0 Å². The topological polar surface area (TPSA) is 15.3 Å². The van der Waals surface area contributed by atoms with Gasteiger partial charge in [0, 0.05) is 31.7 Å². The Labute approximate surface area is 87.0 Å². The zero-order valence-electron chi connectivity index (χ0n) is 9.21. The van der Waals surface area contributed by atoms with Gasteiger partial charge in [0.1, 0.15) is 0 Å². The number of nitrogens with zero attached hydrogens (tertiary/aromatic N) is 1. The van der Waals surface area contributed by atoms with Crippen molar-refractivity contribution in [1.29, 1.82) is 0 Å². The average Bonchev–Trinajstić information content (AvgIpc) is 2.96. The molecule has 0 bridgehead atoms. The van der Waals surface area contributed by atoms with Crippen LogP contribution >= 0.6 is 0 Å². The molecular formula is C12H22N2. The van der Waals surface area contributed by atoms with Gasteiger partial charge in [-0.3, -0.25) is 4.90 Å². The summed E-state index contributed by atoms with van der Waals surface area (Å²) in [6, 6.07) is 1.77.